The zero-order valence-corrected chi connectivity index (χ0v) is 17.3. The van der Waals surface area contributed by atoms with E-state index in [1.54, 1.807) is 23.5 Å². The standard InChI is InChI=1S/C24H18ClN5O/c25-23-20(17-4-1-5-19(11-17)30-10-9-27-15-21(30)31)14-29-24-22(23)18(13-28-24)7-6-16-3-2-8-26-12-16/h1-5,8,11-14,27H,9-10,15H2,(H,28,29). The molecule has 0 radical (unpaired) electrons. The highest BCUT2D eigenvalue weighted by Crippen LogP contribution is 2.36. The molecule has 6 nitrogen and oxygen atoms in total. The van der Waals surface area contributed by atoms with Crippen molar-refractivity contribution in [2.75, 3.05) is 24.5 Å². The Morgan fingerprint density at radius 1 is 1.13 bits per heavy atom. The highest BCUT2D eigenvalue weighted by molar-refractivity contribution is 6.38. The Morgan fingerprint density at radius 2 is 2.06 bits per heavy atom. The zero-order valence-electron chi connectivity index (χ0n) is 16.5. The van der Waals surface area contributed by atoms with Crippen LogP contribution in [0.25, 0.3) is 22.2 Å². The van der Waals surface area contributed by atoms with Crippen LogP contribution in [0.3, 0.4) is 0 Å². The zero-order chi connectivity index (χ0) is 21.2. The van der Waals surface area contributed by atoms with Gasteiger partial charge in [-0.05, 0) is 29.8 Å². The maximum absolute atomic E-state index is 12.3. The number of aromatic nitrogens is 3. The fourth-order valence-corrected chi connectivity index (χ4v) is 4.00. The van der Waals surface area contributed by atoms with Crippen molar-refractivity contribution in [1.82, 2.24) is 20.3 Å². The number of anilines is 1. The van der Waals surface area contributed by atoms with Crippen LogP contribution in [0.15, 0.2) is 61.2 Å². The van der Waals surface area contributed by atoms with Crippen molar-refractivity contribution in [2.24, 2.45) is 0 Å². The third kappa shape index (κ3) is 3.77. The van der Waals surface area contributed by atoms with Crippen LogP contribution < -0.4 is 10.2 Å². The Morgan fingerprint density at radius 3 is 2.90 bits per heavy atom. The van der Waals surface area contributed by atoms with Crippen molar-refractivity contribution >= 4 is 34.2 Å². The number of carbonyl (C=O) groups is 1. The molecule has 1 aliphatic rings. The Hall–Kier alpha value is -3.66. The lowest BCUT2D eigenvalue weighted by Gasteiger charge is -2.27. The molecule has 3 aromatic heterocycles. The van der Waals surface area contributed by atoms with E-state index in [0.29, 0.717) is 23.8 Å². The minimum absolute atomic E-state index is 0.0571. The predicted molar refractivity (Wildman–Crippen MR) is 122 cm³/mol. The van der Waals surface area contributed by atoms with Crippen molar-refractivity contribution < 1.29 is 4.79 Å². The van der Waals surface area contributed by atoms with Gasteiger partial charge < -0.3 is 15.2 Å². The highest BCUT2D eigenvalue weighted by atomic mass is 35.5. The van der Waals surface area contributed by atoms with Crippen LogP contribution in [0, 0.1) is 11.8 Å². The molecule has 0 aliphatic carbocycles. The van der Waals surface area contributed by atoms with Gasteiger partial charge in [0.2, 0.25) is 5.91 Å². The number of amides is 1. The number of benzene rings is 1. The molecule has 31 heavy (non-hydrogen) atoms. The number of hydrogen-bond donors (Lipinski definition) is 2. The lowest BCUT2D eigenvalue weighted by Crippen LogP contribution is -2.48. The van der Waals surface area contributed by atoms with Crippen LogP contribution >= 0.6 is 11.6 Å². The summed E-state index contributed by atoms with van der Waals surface area (Å²) in [7, 11) is 0. The number of halogens is 1. The second-order valence-corrected chi connectivity index (χ2v) is 7.55. The molecule has 2 N–H and O–H groups in total. The SMILES string of the molecule is O=C1CNCCN1c1cccc(-c2cnc3[nH]cc(C#Cc4cccnc4)c3c2Cl)c1. The summed E-state index contributed by atoms with van der Waals surface area (Å²) in [6.07, 6.45) is 6.99. The summed E-state index contributed by atoms with van der Waals surface area (Å²) in [5.74, 6) is 6.34. The first kappa shape index (κ1) is 19.3. The van der Waals surface area contributed by atoms with Crippen LogP contribution in [-0.2, 0) is 4.79 Å². The number of aromatic amines is 1. The second kappa shape index (κ2) is 8.23. The van der Waals surface area contributed by atoms with Crippen LogP contribution in [0.5, 0.6) is 0 Å². The lowest BCUT2D eigenvalue weighted by molar-refractivity contribution is -0.118. The first-order chi connectivity index (χ1) is 15.2. The van der Waals surface area contributed by atoms with E-state index >= 15 is 0 Å². The summed E-state index contributed by atoms with van der Waals surface area (Å²) >= 11 is 6.84. The van der Waals surface area contributed by atoms with Gasteiger partial charge >= 0.3 is 0 Å². The summed E-state index contributed by atoms with van der Waals surface area (Å²) in [5.41, 5.74) is 4.82. The van der Waals surface area contributed by atoms with Gasteiger partial charge in [0, 0.05) is 54.7 Å². The lowest BCUT2D eigenvalue weighted by atomic mass is 10.0. The van der Waals surface area contributed by atoms with Gasteiger partial charge in [0.15, 0.2) is 0 Å². The topological polar surface area (TPSA) is 73.9 Å². The van der Waals surface area contributed by atoms with Gasteiger partial charge in [-0.15, -0.1) is 0 Å². The molecular formula is C24H18ClN5O. The van der Waals surface area contributed by atoms with Gasteiger partial charge in [-0.1, -0.05) is 35.6 Å². The fourth-order valence-electron chi connectivity index (χ4n) is 3.65. The summed E-state index contributed by atoms with van der Waals surface area (Å²) in [5, 5.41) is 4.45. The molecule has 1 amide bonds. The molecule has 0 atom stereocenters. The fraction of sp³-hybridized carbons (Fsp3) is 0.125. The van der Waals surface area contributed by atoms with Crippen molar-refractivity contribution in [3.8, 4) is 23.0 Å². The molecule has 0 saturated carbocycles. The van der Waals surface area contributed by atoms with Gasteiger partial charge in [-0.3, -0.25) is 9.78 Å². The molecule has 1 aliphatic heterocycles. The Bertz CT molecular complexity index is 1340. The van der Waals surface area contributed by atoms with Crippen molar-refractivity contribution in [1.29, 1.82) is 0 Å². The first-order valence-corrected chi connectivity index (χ1v) is 10.3. The maximum Gasteiger partial charge on any atom is 0.240 e. The van der Waals surface area contributed by atoms with Gasteiger partial charge in [-0.2, -0.15) is 0 Å². The van der Waals surface area contributed by atoms with E-state index in [-0.39, 0.29) is 5.91 Å². The number of rotatable bonds is 2. The first-order valence-electron chi connectivity index (χ1n) is 9.90. The average Bonchev–Trinajstić information content (AvgIpc) is 3.23. The van der Waals surface area contributed by atoms with Crippen LogP contribution in [0.2, 0.25) is 5.02 Å². The third-order valence-corrected chi connectivity index (χ3v) is 5.59. The van der Waals surface area contributed by atoms with Gasteiger partial charge in [0.05, 0.1) is 22.5 Å². The quantitative estimate of drug-likeness (QED) is 0.479. The maximum atomic E-state index is 12.3. The number of piperazine rings is 1. The van der Waals surface area contributed by atoms with Crippen molar-refractivity contribution in [3.63, 3.8) is 0 Å². The van der Waals surface area contributed by atoms with Crippen LogP contribution in [0.4, 0.5) is 5.69 Å². The molecule has 4 heterocycles. The minimum Gasteiger partial charge on any atom is -0.345 e. The Labute approximate surface area is 184 Å². The monoisotopic (exact) mass is 427 g/mol. The second-order valence-electron chi connectivity index (χ2n) is 7.18. The molecule has 0 spiro atoms. The number of pyridine rings is 2. The number of H-pyrrole nitrogens is 1. The molecule has 0 bridgehead atoms. The third-order valence-electron chi connectivity index (χ3n) is 5.20. The van der Waals surface area contributed by atoms with E-state index in [2.05, 4.69) is 32.1 Å². The molecule has 0 unspecified atom stereocenters. The largest absolute Gasteiger partial charge is 0.345 e. The number of carbonyl (C=O) groups excluding carboxylic acids is 1. The van der Waals surface area contributed by atoms with E-state index < -0.39 is 0 Å². The predicted octanol–water partition coefficient (Wildman–Crippen LogP) is 3.61. The molecular weight excluding hydrogens is 410 g/mol. The van der Waals surface area contributed by atoms with E-state index in [1.807, 2.05) is 42.6 Å². The summed E-state index contributed by atoms with van der Waals surface area (Å²) in [4.78, 5) is 25.8. The van der Waals surface area contributed by atoms with Gasteiger partial charge in [-0.25, -0.2) is 4.98 Å². The molecule has 5 rings (SSSR count). The molecule has 4 aromatic rings. The number of nitrogens with zero attached hydrogens (tertiary/aromatic N) is 3. The van der Waals surface area contributed by atoms with E-state index in [9.17, 15) is 4.79 Å². The Kier molecular flexibility index (Phi) is 5.13. The van der Waals surface area contributed by atoms with Crippen LogP contribution in [0.1, 0.15) is 11.1 Å². The van der Waals surface area contributed by atoms with Crippen molar-refractivity contribution in [2.45, 2.75) is 0 Å². The van der Waals surface area contributed by atoms with E-state index in [0.717, 1.165) is 39.9 Å². The van der Waals surface area contributed by atoms with E-state index in [1.165, 1.54) is 0 Å². The normalized spacial score (nSPS) is 13.8. The number of nitrogens with one attached hydrogen (secondary N) is 2. The Balaban J connectivity index is 1.56. The molecule has 7 heteroatoms. The smallest absolute Gasteiger partial charge is 0.240 e. The van der Waals surface area contributed by atoms with Crippen LogP contribution in [-0.4, -0.2) is 40.5 Å². The number of hydrogen-bond acceptors (Lipinski definition) is 4. The summed E-state index contributed by atoms with van der Waals surface area (Å²) < 4.78 is 0. The molecule has 1 aromatic carbocycles. The molecule has 1 saturated heterocycles. The van der Waals surface area contributed by atoms with E-state index in [4.69, 9.17) is 11.6 Å². The summed E-state index contributed by atoms with van der Waals surface area (Å²) in [6, 6.07) is 11.6. The average molecular weight is 428 g/mol. The highest BCUT2D eigenvalue weighted by Gasteiger charge is 2.20. The minimum atomic E-state index is 0.0571. The van der Waals surface area contributed by atoms with Gasteiger partial charge in [0.1, 0.15) is 5.65 Å². The summed E-state index contributed by atoms with van der Waals surface area (Å²) in [6.45, 7) is 1.76. The molecule has 1 fully saturated rings. The molecule has 152 valence electrons. The van der Waals surface area contributed by atoms with Crippen molar-refractivity contribution in [3.05, 3.63) is 77.3 Å². The number of fused-ring (bicyclic) bond motifs is 1. The van der Waals surface area contributed by atoms with Gasteiger partial charge in [0.25, 0.3) is 0 Å².